The topological polar surface area (TPSA) is 72.1 Å². The third-order valence-electron chi connectivity index (χ3n) is 6.62. The van der Waals surface area contributed by atoms with Crippen molar-refractivity contribution in [3.05, 3.63) is 28.9 Å². The van der Waals surface area contributed by atoms with Crippen molar-refractivity contribution in [1.82, 2.24) is 24.6 Å². The molecule has 0 bridgehead atoms. The molecule has 0 atom stereocenters. The normalized spacial score (nSPS) is 18.2. The second-order valence-electron chi connectivity index (χ2n) is 9.46. The Kier molecular flexibility index (Phi) is 7.05. The molecule has 1 aromatic heterocycles. The lowest BCUT2D eigenvalue weighted by atomic mass is 10.1. The Morgan fingerprint density at radius 3 is 2.27 bits per heavy atom. The summed E-state index contributed by atoms with van der Waals surface area (Å²) >= 11 is 6.52. The first-order chi connectivity index (χ1) is 15.7. The summed E-state index contributed by atoms with van der Waals surface area (Å²) in [4.78, 5) is 36.0. The van der Waals surface area contributed by atoms with Gasteiger partial charge < -0.3 is 29.3 Å². The predicted molar refractivity (Wildman–Crippen MR) is 130 cm³/mol. The highest BCUT2D eigenvalue weighted by molar-refractivity contribution is 6.32. The average Bonchev–Trinajstić information content (AvgIpc) is 3.21. The first-order valence-corrected chi connectivity index (χ1v) is 12.1. The number of carbonyl (C=O) groups is 2. The Labute approximate surface area is 200 Å². The number of rotatable bonds is 4. The van der Waals surface area contributed by atoms with Crippen molar-refractivity contribution in [2.24, 2.45) is 0 Å². The molecule has 2 fully saturated rings. The van der Waals surface area contributed by atoms with Crippen LogP contribution in [0.25, 0.3) is 10.9 Å². The lowest BCUT2D eigenvalue weighted by Crippen LogP contribution is -2.52. The SMILES string of the molecule is CC(C)N1CCC(Oc2cc3cc(C(=O)N4CCN(C(=O)N(C)C)CC4)[nH]c3cc2Cl)CC1. The molecule has 0 spiro atoms. The maximum absolute atomic E-state index is 13.1. The minimum Gasteiger partial charge on any atom is -0.489 e. The molecule has 1 aromatic carbocycles. The molecule has 2 aliphatic heterocycles. The molecule has 3 heterocycles. The van der Waals surface area contributed by atoms with Crippen LogP contribution in [-0.4, -0.2) is 102 Å². The van der Waals surface area contributed by atoms with E-state index in [1.54, 1.807) is 28.8 Å². The molecule has 2 aliphatic rings. The third kappa shape index (κ3) is 5.22. The van der Waals surface area contributed by atoms with Crippen molar-refractivity contribution in [2.45, 2.75) is 38.8 Å². The highest BCUT2D eigenvalue weighted by Crippen LogP contribution is 2.33. The van der Waals surface area contributed by atoms with Gasteiger partial charge in [-0.05, 0) is 44.9 Å². The number of benzene rings is 1. The van der Waals surface area contributed by atoms with Gasteiger partial charge in [0.1, 0.15) is 17.5 Å². The lowest BCUT2D eigenvalue weighted by molar-refractivity contribution is 0.0645. The van der Waals surface area contributed by atoms with E-state index in [-0.39, 0.29) is 18.0 Å². The van der Waals surface area contributed by atoms with Crippen LogP contribution in [0.1, 0.15) is 37.2 Å². The number of hydrogen-bond acceptors (Lipinski definition) is 4. The monoisotopic (exact) mass is 475 g/mol. The average molecular weight is 476 g/mol. The molecule has 4 rings (SSSR count). The zero-order valence-corrected chi connectivity index (χ0v) is 20.7. The number of fused-ring (bicyclic) bond motifs is 1. The number of hydrogen-bond donors (Lipinski definition) is 1. The summed E-state index contributed by atoms with van der Waals surface area (Å²) in [6, 6.07) is 6.15. The minimum atomic E-state index is -0.0669. The van der Waals surface area contributed by atoms with Crippen LogP contribution >= 0.6 is 11.6 Å². The number of nitrogens with zero attached hydrogens (tertiary/aromatic N) is 4. The van der Waals surface area contributed by atoms with Crippen LogP contribution in [0.15, 0.2) is 18.2 Å². The number of piperidine rings is 1. The molecule has 2 aromatic rings. The zero-order chi connectivity index (χ0) is 23.7. The number of amides is 3. The Hall–Kier alpha value is -2.45. The molecule has 0 unspecified atom stereocenters. The molecule has 9 heteroatoms. The number of carbonyl (C=O) groups excluding carboxylic acids is 2. The van der Waals surface area contributed by atoms with Crippen LogP contribution in [0.5, 0.6) is 5.75 Å². The number of likely N-dealkylation sites (tertiary alicyclic amines) is 1. The van der Waals surface area contributed by atoms with Crippen LogP contribution in [0.2, 0.25) is 5.02 Å². The van der Waals surface area contributed by atoms with Crippen molar-refractivity contribution in [3.8, 4) is 5.75 Å². The Morgan fingerprint density at radius 1 is 1.03 bits per heavy atom. The second kappa shape index (κ2) is 9.81. The fourth-order valence-corrected chi connectivity index (χ4v) is 4.79. The van der Waals surface area contributed by atoms with Crippen LogP contribution in [0, 0.1) is 0 Å². The Morgan fingerprint density at radius 2 is 1.67 bits per heavy atom. The van der Waals surface area contributed by atoms with Crippen LogP contribution in [0.3, 0.4) is 0 Å². The molecule has 0 aliphatic carbocycles. The van der Waals surface area contributed by atoms with E-state index in [0.29, 0.717) is 48.7 Å². The van der Waals surface area contributed by atoms with Gasteiger partial charge in [0.2, 0.25) is 0 Å². The van der Waals surface area contributed by atoms with Gasteiger partial charge in [0.15, 0.2) is 0 Å². The van der Waals surface area contributed by atoms with E-state index >= 15 is 0 Å². The smallest absolute Gasteiger partial charge is 0.319 e. The molecule has 33 heavy (non-hydrogen) atoms. The van der Waals surface area contributed by atoms with Crippen molar-refractivity contribution < 1.29 is 14.3 Å². The molecule has 8 nitrogen and oxygen atoms in total. The van der Waals surface area contributed by atoms with Crippen LogP contribution < -0.4 is 4.74 Å². The highest BCUT2D eigenvalue weighted by Gasteiger charge is 2.27. The quantitative estimate of drug-likeness (QED) is 0.734. The summed E-state index contributed by atoms with van der Waals surface area (Å²) in [6.45, 7) is 8.58. The van der Waals surface area contributed by atoms with E-state index in [4.69, 9.17) is 16.3 Å². The molecule has 0 saturated carbocycles. The fraction of sp³-hybridized carbons (Fsp3) is 0.583. The highest BCUT2D eigenvalue weighted by atomic mass is 35.5. The van der Waals surface area contributed by atoms with Gasteiger partial charge in [0.25, 0.3) is 5.91 Å². The summed E-state index contributed by atoms with van der Waals surface area (Å²) in [6.07, 6.45) is 2.11. The summed E-state index contributed by atoms with van der Waals surface area (Å²) in [5.74, 6) is 0.601. The van der Waals surface area contributed by atoms with Gasteiger partial charge in [-0.25, -0.2) is 4.79 Å². The fourth-order valence-electron chi connectivity index (χ4n) is 4.58. The van der Waals surface area contributed by atoms with Crippen molar-refractivity contribution in [2.75, 3.05) is 53.4 Å². The van der Waals surface area contributed by atoms with Crippen LogP contribution in [0.4, 0.5) is 4.79 Å². The van der Waals surface area contributed by atoms with Gasteiger partial charge in [0, 0.05) is 70.3 Å². The standard InChI is InChI=1S/C24H34ClN5O3/c1-16(2)28-7-5-18(6-8-28)33-22-14-17-13-21(26-20(17)15-19(22)25)23(31)29-9-11-30(12-10-29)24(32)27(3)4/h13-16,18,26H,5-12H2,1-4H3. The van der Waals surface area contributed by atoms with Crippen molar-refractivity contribution in [1.29, 1.82) is 0 Å². The molecule has 2 saturated heterocycles. The predicted octanol–water partition coefficient (Wildman–Crippen LogP) is 3.51. The summed E-state index contributed by atoms with van der Waals surface area (Å²) in [7, 11) is 3.48. The number of piperazine rings is 1. The van der Waals surface area contributed by atoms with Gasteiger partial charge >= 0.3 is 6.03 Å². The number of H-pyrrole nitrogens is 1. The van der Waals surface area contributed by atoms with Gasteiger partial charge in [-0.1, -0.05) is 11.6 Å². The number of nitrogens with one attached hydrogen (secondary N) is 1. The van der Waals surface area contributed by atoms with E-state index in [2.05, 4.69) is 23.7 Å². The Bertz CT molecular complexity index is 1000. The first-order valence-electron chi connectivity index (χ1n) is 11.7. The first kappa shape index (κ1) is 23.7. The number of ether oxygens (including phenoxy) is 1. The van der Waals surface area contributed by atoms with E-state index < -0.39 is 0 Å². The van der Waals surface area contributed by atoms with E-state index in [1.807, 2.05) is 18.2 Å². The van der Waals surface area contributed by atoms with Gasteiger partial charge in [-0.15, -0.1) is 0 Å². The minimum absolute atomic E-state index is 0.0234. The van der Waals surface area contributed by atoms with Gasteiger partial charge in [-0.3, -0.25) is 4.79 Å². The van der Waals surface area contributed by atoms with E-state index in [9.17, 15) is 9.59 Å². The summed E-state index contributed by atoms with van der Waals surface area (Å²) in [5, 5.41) is 1.45. The van der Waals surface area contributed by atoms with Gasteiger partial charge in [-0.2, -0.15) is 0 Å². The van der Waals surface area contributed by atoms with Crippen molar-refractivity contribution >= 4 is 34.4 Å². The Balaban J connectivity index is 1.41. The third-order valence-corrected chi connectivity index (χ3v) is 6.92. The molecule has 0 radical (unpaired) electrons. The maximum atomic E-state index is 13.1. The summed E-state index contributed by atoms with van der Waals surface area (Å²) in [5.41, 5.74) is 1.34. The van der Waals surface area contributed by atoms with Gasteiger partial charge in [0.05, 0.1) is 5.02 Å². The van der Waals surface area contributed by atoms with Crippen LogP contribution in [-0.2, 0) is 0 Å². The largest absolute Gasteiger partial charge is 0.489 e. The number of halogens is 1. The molecule has 180 valence electrons. The zero-order valence-electron chi connectivity index (χ0n) is 19.9. The molecular weight excluding hydrogens is 442 g/mol. The molecular formula is C24H34ClN5O3. The number of urea groups is 1. The van der Waals surface area contributed by atoms with E-state index in [1.165, 1.54) is 0 Å². The lowest BCUT2D eigenvalue weighted by Gasteiger charge is -2.35. The number of aromatic amines is 1. The number of aromatic nitrogens is 1. The molecule has 3 amide bonds. The van der Waals surface area contributed by atoms with E-state index in [0.717, 1.165) is 36.8 Å². The van der Waals surface area contributed by atoms with Crippen molar-refractivity contribution in [3.63, 3.8) is 0 Å². The molecule has 1 N–H and O–H groups in total. The second-order valence-corrected chi connectivity index (χ2v) is 9.86. The summed E-state index contributed by atoms with van der Waals surface area (Å²) < 4.78 is 6.25. The maximum Gasteiger partial charge on any atom is 0.319 e.